The van der Waals surface area contributed by atoms with E-state index in [-0.39, 0.29) is 10.6 Å². The maximum absolute atomic E-state index is 12.9. The number of nitrogens with one attached hydrogen (secondary N) is 1. The summed E-state index contributed by atoms with van der Waals surface area (Å²) in [5.74, 6) is 0.0889. The zero-order valence-electron chi connectivity index (χ0n) is 16.0. The summed E-state index contributed by atoms with van der Waals surface area (Å²) in [7, 11) is -1.07. The smallest absolute Gasteiger partial charge is 0.324 e. The highest BCUT2D eigenvalue weighted by molar-refractivity contribution is 7.91. The highest BCUT2D eigenvalue weighted by Gasteiger charge is 2.28. The molecule has 0 aliphatic carbocycles. The van der Waals surface area contributed by atoms with Crippen LogP contribution in [0.1, 0.15) is 5.56 Å². The Balaban J connectivity index is 1.81. The molecule has 0 spiro atoms. The number of carbonyl (C=O) groups is 1. The number of carbonyl (C=O) groups excluding carboxylic acids is 1. The first-order chi connectivity index (χ1) is 13.9. The van der Waals surface area contributed by atoms with Crippen molar-refractivity contribution in [2.45, 2.75) is 16.7 Å². The molecule has 29 heavy (non-hydrogen) atoms. The van der Waals surface area contributed by atoms with Crippen LogP contribution in [0, 0.1) is 0 Å². The van der Waals surface area contributed by atoms with Crippen molar-refractivity contribution in [2.24, 2.45) is 0 Å². The van der Waals surface area contributed by atoms with Crippen molar-refractivity contribution in [3.05, 3.63) is 72.3 Å². The van der Waals surface area contributed by atoms with Crippen LogP contribution in [0.15, 0.2) is 70.9 Å². The van der Waals surface area contributed by atoms with Gasteiger partial charge in [0.25, 0.3) is 10.0 Å². The molecule has 0 unspecified atom stereocenters. The molecule has 1 aromatic heterocycles. The summed E-state index contributed by atoms with van der Waals surface area (Å²) in [6.45, 7) is 0. The van der Waals surface area contributed by atoms with Gasteiger partial charge in [-0.25, -0.2) is 8.42 Å². The normalized spacial score (nSPS) is 12.3. The van der Waals surface area contributed by atoms with E-state index in [4.69, 9.17) is 9.47 Å². The van der Waals surface area contributed by atoms with E-state index in [0.717, 1.165) is 33.1 Å². The van der Waals surface area contributed by atoms with Crippen LogP contribution in [0.5, 0.6) is 5.75 Å². The SMILES string of the molecule is COC(=O)[C@@H](Cc1ccccc1)NS(=O)(=O)c1ccc(-c2ccc(OC)cc2)s1. The molecule has 8 heteroatoms. The predicted molar refractivity (Wildman–Crippen MR) is 113 cm³/mol. The summed E-state index contributed by atoms with van der Waals surface area (Å²) in [6, 6.07) is 18.8. The molecule has 0 aliphatic rings. The van der Waals surface area contributed by atoms with E-state index in [1.807, 2.05) is 54.6 Å². The molecule has 0 amide bonds. The van der Waals surface area contributed by atoms with Gasteiger partial charge < -0.3 is 9.47 Å². The monoisotopic (exact) mass is 431 g/mol. The van der Waals surface area contributed by atoms with Gasteiger partial charge in [0.1, 0.15) is 16.0 Å². The van der Waals surface area contributed by atoms with Crippen molar-refractivity contribution < 1.29 is 22.7 Å². The van der Waals surface area contributed by atoms with E-state index < -0.39 is 22.0 Å². The molecule has 0 saturated carbocycles. The predicted octanol–water partition coefficient (Wildman–Crippen LogP) is 3.49. The van der Waals surface area contributed by atoms with Crippen LogP contribution >= 0.6 is 11.3 Å². The third-order valence-electron chi connectivity index (χ3n) is 4.29. The van der Waals surface area contributed by atoms with E-state index in [1.54, 1.807) is 13.2 Å². The number of hydrogen-bond acceptors (Lipinski definition) is 6. The fourth-order valence-corrected chi connectivity index (χ4v) is 5.30. The average molecular weight is 432 g/mol. The molecule has 0 bridgehead atoms. The lowest BCUT2D eigenvalue weighted by molar-refractivity contribution is -0.142. The van der Waals surface area contributed by atoms with Gasteiger partial charge in [0, 0.05) is 4.88 Å². The number of rotatable bonds is 8. The molecule has 1 heterocycles. The van der Waals surface area contributed by atoms with Gasteiger partial charge in [-0.3, -0.25) is 4.79 Å². The van der Waals surface area contributed by atoms with Gasteiger partial charge in [-0.1, -0.05) is 30.3 Å². The van der Waals surface area contributed by atoms with Gasteiger partial charge in [-0.05, 0) is 53.9 Å². The minimum absolute atomic E-state index is 0.130. The van der Waals surface area contributed by atoms with Crippen LogP contribution in [-0.4, -0.2) is 34.6 Å². The summed E-state index contributed by atoms with van der Waals surface area (Å²) in [4.78, 5) is 13.0. The third-order valence-corrected chi connectivity index (χ3v) is 7.38. The van der Waals surface area contributed by atoms with Gasteiger partial charge in [0.2, 0.25) is 0 Å². The average Bonchev–Trinajstić information content (AvgIpc) is 3.25. The van der Waals surface area contributed by atoms with Crippen molar-refractivity contribution in [3.63, 3.8) is 0 Å². The molecular formula is C21H21NO5S2. The zero-order chi connectivity index (χ0) is 20.9. The van der Waals surface area contributed by atoms with Crippen molar-refractivity contribution in [2.75, 3.05) is 14.2 Å². The summed E-state index contributed by atoms with van der Waals surface area (Å²) >= 11 is 1.13. The fraction of sp³-hybridized carbons (Fsp3) is 0.190. The number of esters is 1. The Labute approximate surface area is 174 Å². The van der Waals surface area contributed by atoms with Crippen LogP contribution in [0.3, 0.4) is 0 Å². The Morgan fingerprint density at radius 1 is 1.00 bits per heavy atom. The quantitative estimate of drug-likeness (QED) is 0.552. The van der Waals surface area contributed by atoms with Crippen molar-refractivity contribution >= 4 is 27.3 Å². The maximum atomic E-state index is 12.9. The second-order valence-corrected chi connectivity index (χ2v) is 9.26. The molecular weight excluding hydrogens is 410 g/mol. The van der Waals surface area contributed by atoms with E-state index >= 15 is 0 Å². The van der Waals surface area contributed by atoms with Crippen LogP contribution in [0.2, 0.25) is 0 Å². The summed E-state index contributed by atoms with van der Waals surface area (Å²) < 4.78 is 38.3. The highest BCUT2D eigenvalue weighted by Crippen LogP contribution is 2.31. The first kappa shape index (κ1) is 21.0. The van der Waals surface area contributed by atoms with Crippen molar-refractivity contribution in [1.29, 1.82) is 0 Å². The van der Waals surface area contributed by atoms with E-state index in [2.05, 4.69) is 4.72 Å². The summed E-state index contributed by atoms with van der Waals surface area (Å²) in [6.07, 6.45) is 0.198. The first-order valence-electron chi connectivity index (χ1n) is 8.81. The second kappa shape index (κ2) is 9.21. The standard InChI is InChI=1S/C21H21NO5S2/c1-26-17-10-8-16(9-11-17)19-12-13-20(28-19)29(24,25)22-18(21(23)27-2)14-15-6-4-3-5-7-15/h3-13,18,22H,14H2,1-2H3/t18-/m1/s1. The van der Waals surface area contributed by atoms with Gasteiger partial charge in [0.15, 0.2) is 0 Å². The molecule has 1 atom stereocenters. The van der Waals surface area contributed by atoms with E-state index in [9.17, 15) is 13.2 Å². The van der Waals surface area contributed by atoms with Crippen LogP contribution in [0.4, 0.5) is 0 Å². The largest absolute Gasteiger partial charge is 0.497 e. The molecule has 0 radical (unpaired) electrons. The fourth-order valence-electron chi connectivity index (χ4n) is 2.79. The minimum Gasteiger partial charge on any atom is -0.497 e. The topological polar surface area (TPSA) is 81.7 Å². The second-order valence-electron chi connectivity index (χ2n) is 6.23. The Kier molecular flexibility index (Phi) is 6.68. The van der Waals surface area contributed by atoms with Crippen molar-refractivity contribution in [3.8, 4) is 16.2 Å². The van der Waals surface area contributed by atoms with E-state index in [0.29, 0.717) is 0 Å². The lowest BCUT2D eigenvalue weighted by Gasteiger charge is -2.16. The first-order valence-corrected chi connectivity index (χ1v) is 11.1. The van der Waals surface area contributed by atoms with Crippen LogP contribution in [0.25, 0.3) is 10.4 Å². The summed E-state index contributed by atoms with van der Waals surface area (Å²) in [5.41, 5.74) is 1.71. The molecule has 3 rings (SSSR count). The molecule has 0 saturated heterocycles. The van der Waals surface area contributed by atoms with Crippen molar-refractivity contribution in [1.82, 2.24) is 4.72 Å². The highest BCUT2D eigenvalue weighted by atomic mass is 32.2. The Hall–Kier alpha value is -2.68. The number of benzene rings is 2. The van der Waals surface area contributed by atoms with Gasteiger partial charge in [-0.2, -0.15) is 4.72 Å². The van der Waals surface area contributed by atoms with Gasteiger partial charge in [0.05, 0.1) is 14.2 Å². The molecule has 1 N–H and O–H groups in total. The van der Waals surface area contributed by atoms with Crippen LogP contribution < -0.4 is 9.46 Å². The molecule has 0 aliphatic heterocycles. The Morgan fingerprint density at radius 2 is 1.69 bits per heavy atom. The number of methoxy groups -OCH3 is 2. The Morgan fingerprint density at radius 3 is 2.31 bits per heavy atom. The number of hydrogen-bond donors (Lipinski definition) is 1. The molecule has 152 valence electrons. The zero-order valence-corrected chi connectivity index (χ0v) is 17.6. The Bertz CT molecular complexity index is 1060. The number of ether oxygens (including phenoxy) is 2. The molecule has 3 aromatic rings. The number of thiophene rings is 1. The molecule has 6 nitrogen and oxygen atoms in total. The van der Waals surface area contributed by atoms with Gasteiger partial charge >= 0.3 is 5.97 Å². The lowest BCUT2D eigenvalue weighted by atomic mass is 10.1. The van der Waals surface area contributed by atoms with Gasteiger partial charge in [-0.15, -0.1) is 11.3 Å². The molecule has 0 fully saturated rings. The third kappa shape index (κ3) is 5.23. The number of sulfonamides is 1. The van der Waals surface area contributed by atoms with E-state index in [1.165, 1.54) is 13.2 Å². The molecule has 2 aromatic carbocycles. The van der Waals surface area contributed by atoms with Crippen LogP contribution in [-0.2, 0) is 26.0 Å². The lowest BCUT2D eigenvalue weighted by Crippen LogP contribution is -2.42. The maximum Gasteiger partial charge on any atom is 0.324 e. The summed E-state index contributed by atoms with van der Waals surface area (Å²) in [5, 5.41) is 0. The minimum atomic E-state index is -3.89.